The van der Waals surface area contributed by atoms with Crippen LogP contribution in [0, 0.1) is 12.8 Å². The summed E-state index contributed by atoms with van der Waals surface area (Å²) >= 11 is 0. The first kappa shape index (κ1) is 18.7. The standard InChI is InChI=1S/C21H27N5O2/c1-15-14-23-26(17-6-2-3-7-17)19(15)24-20(27)16-9-12-25(13-10-16)21(28)18-8-4-5-11-22-18/h4-5,8,11,14,16-17H,2-3,6-7,9-10,12-13H2,1H3,(H,24,27). The molecule has 0 aromatic carbocycles. The Kier molecular flexibility index (Phi) is 5.41. The van der Waals surface area contributed by atoms with Crippen molar-refractivity contribution in [1.82, 2.24) is 19.7 Å². The Morgan fingerprint density at radius 1 is 1.11 bits per heavy atom. The van der Waals surface area contributed by atoms with Crippen molar-refractivity contribution in [2.45, 2.75) is 51.5 Å². The van der Waals surface area contributed by atoms with E-state index in [1.807, 2.05) is 23.9 Å². The third-order valence-corrected chi connectivity index (χ3v) is 5.93. The summed E-state index contributed by atoms with van der Waals surface area (Å²) in [6, 6.07) is 5.73. The molecule has 3 heterocycles. The fraction of sp³-hybridized carbons (Fsp3) is 0.524. The van der Waals surface area contributed by atoms with E-state index in [1.165, 1.54) is 12.8 Å². The van der Waals surface area contributed by atoms with Crippen molar-refractivity contribution in [3.8, 4) is 0 Å². The molecule has 1 aliphatic heterocycles. The second-order valence-electron chi connectivity index (χ2n) is 7.83. The fourth-order valence-electron chi connectivity index (χ4n) is 4.24. The molecular formula is C21H27N5O2. The molecule has 2 fully saturated rings. The Hall–Kier alpha value is -2.70. The molecule has 1 N–H and O–H groups in total. The van der Waals surface area contributed by atoms with Crippen molar-refractivity contribution in [3.63, 3.8) is 0 Å². The minimum Gasteiger partial charge on any atom is -0.337 e. The van der Waals surface area contributed by atoms with E-state index in [4.69, 9.17) is 0 Å². The zero-order valence-electron chi connectivity index (χ0n) is 16.3. The lowest BCUT2D eigenvalue weighted by Crippen LogP contribution is -2.41. The quantitative estimate of drug-likeness (QED) is 0.882. The van der Waals surface area contributed by atoms with Crippen LogP contribution in [0.3, 0.4) is 0 Å². The molecule has 0 unspecified atom stereocenters. The summed E-state index contributed by atoms with van der Waals surface area (Å²) in [5.74, 6) is 0.727. The summed E-state index contributed by atoms with van der Waals surface area (Å²) in [5, 5.41) is 7.63. The minimum atomic E-state index is -0.0842. The summed E-state index contributed by atoms with van der Waals surface area (Å²) in [6.07, 6.45) is 9.49. The Morgan fingerprint density at radius 2 is 1.86 bits per heavy atom. The van der Waals surface area contributed by atoms with Crippen molar-refractivity contribution < 1.29 is 9.59 Å². The maximum atomic E-state index is 12.9. The van der Waals surface area contributed by atoms with Gasteiger partial charge in [-0.05, 0) is 44.7 Å². The van der Waals surface area contributed by atoms with Gasteiger partial charge in [0.05, 0.1) is 12.2 Å². The second kappa shape index (κ2) is 8.12. The second-order valence-corrected chi connectivity index (χ2v) is 7.83. The van der Waals surface area contributed by atoms with E-state index in [2.05, 4.69) is 15.4 Å². The summed E-state index contributed by atoms with van der Waals surface area (Å²) in [6.45, 7) is 3.14. The maximum Gasteiger partial charge on any atom is 0.272 e. The molecule has 1 saturated carbocycles. The summed E-state index contributed by atoms with van der Waals surface area (Å²) in [7, 11) is 0. The van der Waals surface area contributed by atoms with Gasteiger partial charge in [0.2, 0.25) is 5.91 Å². The first-order valence-corrected chi connectivity index (χ1v) is 10.2. The predicted octanol–water partition coefficient (Wildman–Crippen LogP) is 3.19. The molecule has 0 spiro atoms. The zero-order valence-corrected chi connectivity index (χ0v) is 16.3. The van der Waals surface area contributed by atoms with Gasteiger partial charge in [0.25, 0.3) is 5.91 Å². The van der Waals surface area contributed by atoms with Gasteiger partial charge >= 0.3 is 0 Å². The van der Waals surface area contributed by atoms with Gasteiger partial charge in [0.15, 0.2) is 0 Å². The molecule has 2 amide bonds. The van der Waals surface area contributed by atoms with Gasteiger partial charge < -0.3 is 10.2 Å². The minimum absolute atomic E-state index is 0.0350. The number of anilines is 1. The molecular weight excluding hydrogens is 354 g/mol. The Morgan fingerprint density at radius 3 is 2.54 bits per heavy atom. The zero-order chi connectivity index (χ0) is 19.5. The number of pyridine rings is 1. The molecule has 1 aliphatic carbocycles. The number of hydrogen-bond donors (Lipinski definition) is 1. The number of likely N-dealkylation sites (tertiary alicyclic amines) is 1. The summed E-state index contributed by atoms with van der Waals surface area (Å²) < 4.78 is 2.00. The normalized spacial score (nSPS) is 18.4. The van der Waals surface area contributed by atoms with Crippen LogP contribution in [-0.2, 0) is 4.79 Å². The molecule has 7 nitrogen and oxygen atoms in total. The predicted molar refractivity (Wildman–Crippen MR) is 106 cm³/mol. The lowest BCUT2D eigenvalue weighted by atomic mass is 9.95. The SMILES string of the molecule is Cc1cnn(C2CCCC2)c1NC(=O)C1CCN(C(=O)c2ccccn2)CC1. The van der Waals surface area contributed by atoms with Crippen molar-refractivity contribution in [2.75, 3.05) is 18.4 Å². The molecule has 2 aromatic heterocycles. The average molecular weight is 381 g/mol. The number of piperidine rings is 1. The number of rotatable bonds is 4. The molecule has 7 heteroatoms. The largest absolute Gasteiger partial charge is 0.337 e. The topological polar surface area (TPSA) is 80.1 Å². The van der Waals surface area contributed by atoms with Crippen LogP contribution in [0.15, 0.2) is 30.6 Å². The average Bonchev–Trinajstić information content (AvgIpc) is 3.39. The van der Waals surface area contributed by atoms with Crippen LogP contribution in [0.25, 0.3) is 0 Å². The number of nitrogens with zero attached hydrogens (tertiary/aromatic N) is 4. The third kappa shape index (κ3) is 3.79. The highest BCUT2D eigenvalue weighted by Crippen LogP contribution is 2.33. The molecule has 28 heavy (non-hydrogen) atoms. The lowest BCUT2D eigenvalue weighted by Gasteiger charge is -2.31. The molecule has 0 bridgehead atoms. The number of amides is 2. The van der Waals surface area contributed by atoms with Gasteiger partial charge in [-0.3, -0.25) is 14.6 Å². The van der Waals surface area contributed by atoms with Crippen LogP contribution in [0.4, 0.5) is 5.82 Å². The van der Waals surface area contributed by atoms with Gasteiger partial charge in [0, 0.05) is 30.8 Å². The molecule has 1 saturated heterocycles. The van der Waals surface area contributed by atoms with Gasteiger partial charge in [-0.1, -0.05) is 18.9 Å². The van der Waals surface area contributed by atoms with Crippen molar-refractivity contribution in [3.05, 3.63) is 41.9 Å². The molecule has 0 radical (unpaired) electrons. The first-order valence-electron chi connectivity index (χ1n) is 10.2. The van der Waals surface area contributed by atoms with Crippen LogP contribution in [0.5, 0.6) is 0 Å². The number of aromatic nitrogens is 3. The van der Waals surface area contributed by atoms with E-state index in [1.54, 1.807) is 23.2 Å². The van der Waals surface area contributed by atoms with Crippen LogP contribution < -0.4 is 5.32 Å². The van der Waals surface area contributed by atoms with Gasteiger partial charge in [0.1, 0.15) is 11.5 Å². The van der Waals surface area contributed by atoms with E-state index in [0.29, 0.717) is 37.7 Å². The highest BCUT2D eigenvalue weighted by molar-refractivity contribution is 5.94. The number of hydrogen-bond acceptors (Lipinski definition) is 4. The lowest BCUT2D eigenvalue weighted by molar-refractivity contribution is -0.121. The van der Waals surface area contributed by atoms with Crippen LogP contribution in [0.1, 0.15) is 60.6 Å². The third-order valence-electron chi connectivity index (χ3n) is 5.93. The van der Waals surface area contributed by atoms with E-state index < -0.39 is 0 Å². The van der Waals surface area contributed by atoms with Gasteiger partial charge in [-0.25, -0.2) is 4.68 Å². The molecule has 2 aliphatic rings. The highest BCUT2D eigenvalue weighted by atomic mass is 16.2. The molecule has 2 aromatic rings. The summed E-state index contributed by atoms with van der Waals surface area (Å²) in [4.78, 5) is 31.3. The van der Waals surface area contributed by atoms with Gasteiger partial charge in [-0.15, -0.1) is 0 Å². The van der Waals surface area contributed by atoms with Crippen LogP contribution in [0.2, 0.25) is 0 Å². The van der Waals surface area contributed by atoms with Crippen molar-refractivity contribution in [2.24, 2.45) is 5.92 Å². The van der Waals surface area contributed by atoms with Crippen molar-refractivity contribution >= 4 is 17.6 Å². The number of aryl methyl sites for hydroxylation is 1. The Bertz CT molecular complexity index is 834. The molecule has 0 atom stereocenters. The van der Waals surface area contributed by atoms with Crippen LogP contribution >= 0.6 is 0 Å². The highest BCUT2D eigenvalue weighted by Gasteiger charge is 2.30. The number of nitrogens with one attached hydrogen (secondary N) is 1. The van der Waals surface area contributed by atoms with E-state index >= 15 is 0 Å². The van der Waals surface area contributed by atoms with E-state index in [-0.39, 0.29) is 17.7 Å². The maximum absolute atomic E-state index is 12.9. The Labute approximate surface area is 165 Å². The molecule has 4 rings (SSSR count). The van der Waals surface area contributed by atoms with E-state index in [9.17, 15) is 9.59 Å². The first-order chi connectivity index (χ1) is 13.6. The number of carbonyl (C=O) groups excluding carboxylic acids is 2. The monoisotopic (exact) mass is 381 g/mol. The smallest absolute Gasteiger partial charge is 0.272 e. The summed E-state index contributed by atoms with van der Waals surface area (Å²) in [5.41, 5.74) is 1.46. The van der Waals surface area contributed by atoms with Crippen molar-refractivity contribution in [1.29, 1.82) is 0 Å². The van der Waals surface area contributed by atoms with Gasteiger partial charge in [-0.2, -0.15) is 5.10 Å². The van der Waals surface area contributed by atoms with Crippen LogP contribution in [-0.4, -0.2) is 44.6 Å². The fourth-order valence-corrected chi connectivity index (χ4v) is 4.24. The number of carbonyl (C=O) groups is 2. The molecule has 148 valence electrons. The van der Waals surface area contributed by atoms with E-state index in [0.717, 1.165) is 24.2 Å². The Balaban J connectivity index is 1.36.